The van der Waals surface area contributed by atoms with E-state index in [0.717, 1.165) is 10.6 Å². The van der Waals surface area contributed by atoms with Gasteiger partial charge < -0.3 is 14.9 Å². The highest BCUT2D eigenvalue weighted by Crippen LogP contribution is 2.36. The number of benzene rings is 1. The summed E-state index contributed by atoms with van der Waals surface area (Å²) in [7, 11) is 0. The van der Waals surface area contributed by atoms with Gasteiger partial charge in [-0.3, -0.25) is 0 Å². The molecular formula is C18H24N2O5. The topological polar surface area (TPSA) is 90.3 Å². The Bertz CT molecular complexity index is 667. The molecule has 2 unspecified atom stereocenters. The van der Waals surface area contributed by atoms with Gasteiger partial charge in [0.2, 0.25) is 0 Å². The third-order valence-corrected chi connectivity index (χ3v) is 4.17. The molecule has 1 aromatic carbocycles. The molecule has 136 valence electrons. The molecule has 0 saturated carbocycles. The van der Waals surface area contributed by atoms with Crippen LogP contribution in [0.5, 0.6) is 0 Å². The van der Waals surface area contributed by atoms with E-state index in [1.807, 2.05) is 30.3 Å². The zero-order valence-electron chi connectivity index (χ0n) is 14.8. The Hall–Kier alpha value is -2.18. The SMILES string of the molecule is CC(C)C(=C=O)N(C(=O)O)N1C(Cc2ccccc2)C(O)OC1(C)C. The number of carbonyl (C=O) groups is 1. The van der Waals surface area contributed by atoms with Gasteiger partial charge in [0.05, 0.1) is 6.04 Å². The molecule has 0 spiro atoms. The van der Waals surface area contributed by atoms with Crippen LogP contribution < -0.4 is 0 Å². The summed E-state index contributed by atoms with van der Waals surface area (Å²) in [5.74, 6) is 1.37. The van der Waals surface area contributed by atoms with Crippen molar-refractivity contribution in [3.63, 3.8) is 0 Å². The Morgan fingerprint density at radius 3 is 2.44 bits per heavy atom. The molecule has 1 aromatic rings. The normalized spacial score (nSPS) is 22.6. The molecule has 1 aliphatic heterocycles. The molecule has 2 rings (SSSR count). The van der Waals surface area contributed by atoms with Crippen molar-refractivity contribution in [1.82, 2.24) is 10.0 Å². The molecule has 1 amide bonds. The zero-order chi connectivity index (χ0) is 18.8. The number of amides is 1. The van der Waals surface area contributed by atoms with Crippen molar-refractivity contribution < 1.29 is 24.5 Å². The van der Waals surface area contributed by atoms with Gasteiger partial charge in [0.1, 0.15) is 17.4 Å². The second-order valence-electron chi connectivity index (χ2n) is 6.79. The van der Waals surface area contributed by atoms with Crippen molar-refractivity contribution in [3.05, 3.63) is 41.6 Å². The standard InChI is InChI=1S/C18H24N2O5/c1-12(2)15(11-21)19(17(23)24)20-14(16(22)25-18(20,3)4)10-13-8-6-5-7-9-13/h5-9,12,14,16,22H,10H2,1-4H3,(H,23,24). The number of hydrazine groups is 1. The second-order valence-corrected chi connectivity index (χ2v) is 6.79. The third kappa shape index (κ3) is 3.91. The van der Waals surface area contributed by atoms with Crippen molar-refractivity contribution in [3.8, 4) is 0 Å². The molecule has 1 saturated heterocycles. The van der Waals surface area contributed by atoms with Crippen molar-refractivity contribution in [2.45, 2.75) is 52.2 Å². The van der Waals surface area contributed by atoms with Crippen LogP contribution in [0.2, 0.25) is 0 Å². The zero-order valence-corrected chi connectivity index (χ0v) is 14.8. The number of allylic oxidation sites excluding steroid dienone is 1. The summed E-state index contributed by atoms with van der Waals surface area (Å²) >= 11 is 0. The van der Waals surface area contributed by atoms with Crippen LogP contribution in [0.15, 0.2) is 36.0 Å². The van der Waals surface area contributed by atoms with Crippen LogP contribution in [-0.2, 0) is 16.0 Å². The third-order valence-electron chi connectivity index (χ3n) is 4.17. The van der Waals surface area contributed by atoms with E-state index < -0.39 is 24.2 Å². The van der Waals surface area contributed by atoms with Crippen LogP contribution in [0.4, 0.5) is 4.79 Å². The van der Waals surface area contributed by atoms with Crippen LogP contribution in [0, 0.1) is 5.92 Å². The van der Waals surface area contributed by atoms with Gasteiger partial charge in [-0.05, 0) is 25.8 Å². The first-order chi connectivity index (χ1) is 11.7. The van der Waals surface area contributed by atoms with Crippen molar-refractivity contribution in [2.75, 3.05) is 0 Å². The van der Waals surface area contributed by atoms with Gasteiger partial charge in [0, 0.05) is 5.92 Å². The summed E-state index contributed by atoms with van der Waals surface area (Å²) in [5.41, 5.74) is -0.227. The van der Waals surface area contributed by atoms with E-state index >= 15 is 0 Å². The van der Waals surface area contributed by atoms with Gasteiger partial charge >= 0.3 is 6.09 Å². The maximum Gasteiger partial charge on any atom is 0.427 e. The van der Waals surface area contributed by atoms with E-state index in [9.17, 15) is 19.8 Å². The number of carboxylic acid groups (broad SMARTS) is 1. The van der Waals surface area contributed by atoms with Crippen LogP contribution >= 0.6 is 0 Å². The maximum atomic E-state index is 11.9. The summed E-state index contributed by atoms with van der Waals surface area (Å²) in [4.78, 5) is 23.3. The Balaban J connectivity index is 2.47. The fourth-order valence-corrected chi connectivity index (χ4v) is 3.10. The van der Waals surface area contributed by atoms with Gasteiger partial charge in [0.15, 0.2) is 6.29 Å². The Kier molecular flexibility index (Phi) is 5.65. The molecule has 1 aliphatic rings. The molecule has 1 fully saturated rings. The fourth-order valence-electron chi connectivity index (χ4n) is 3.10. The lowest BCUT2D eigenvalue weighted by Crippen LogP contribution is -2.57. The first kappa shape index (κ1) is 19.1. The highest BCUT2D eigenvalue weighted by molar-refractivity contribution is 5.71. The highest BCUT2D eigenvalue weighted by Gasteiger charge is 2.52. The quantitative estimate of drug-likeness (QED) is 0.793. The minimum atomic E-state index is -1.32. The average molecular weight is 348 g/mol. The van der Waals surface area contributed by atoms with E-state index in [2.05, 4.69) is 0 Å². The number of nitrogens with zero attached hydrogens (tertiary/aromatic N) is 2. The number of ether oxygens (including phenoxy) is 1. The number of rotatable bonds is 5. The second kappa shape index (κ2) is 7.37. The van der Waals surface area contributed by atoms with Gasteiger partial charge in [-0.25, -0.2) is 9.59 Å². The van der Waals surface area contributed by atoms with Crippen molar-refractivity contribution >= 4 is 12.0 Å². The maximum absolute atomic E-state index is 11.9. The first-order valence-electron chi connectivity index (χ1n) is 8.16. The summed E-state index contributed by atoms with van der Waals surface area (Å²) in [5, 5.41) is 22.4. The van der Waals surface area contributed by atoms with E-state index in [0.29, 0.717) is 6.42 Å². The summed E-state index contributed by atoms with van der Waals surface area (Å²) in [6.07, 6.45) is -2.16. The molecule has 25 heavy (non-hydrogen) atoms. The predicted molar refractivity (Wildman–Crippen MR) is 90.9 cm³/mol. The van der Waals surface area contributed by atoms with Crippen LogP contribution in [0.1, 0.15) is 33.3 Å². The highest BCUT2D eigenvalue weighted by atomic mass is 16.7. The van der Waals surface area contributed by atoms with E-state index in [-0.39, 0.29) is 11.6 Å². The van der Waals surface area contributed by atoms with E-state index in [1.54, 1.807) is 33.6 Å². The molecule has 2 atom stereocenters. The van der Waals surface area contributed by atoms with Crippen LogP contribution in [0.3, 0.4) is 0 Å². The van der Waals surface area contributed by atoms with Gasteiger partial charge in [-0.2, -0.15) is 10.0 Å². The Morgan fingerprint density at radius 2 is 1.96 bits per heavy atom. The predicted octanol–water partition coefficient (Wildman–Crippen LogP) is 2.25. The number of hydrogen-bond donors (Lipinski definition) is 2. The Morgan fingerprint density at radius 1 is 1.36 bits per heavy atom. The van der Waals surface area contributed by atoms with Crippen LogP contribution in [0.25, 0.3) is 0 Å². The molecule has 0 radical (unpaired) electrons. The smallest absolute Gasteiger partial charge is 0.427 e. The summed E-state index contributed by atoms with van der Waals surface area (Å²) < 4.78 is 5.58. The fraction of sp³-hybridized carbons (Fsp3) is 0.500. The molecule has 7 nitrogen and oxygen atoms in total. The Labute approximate surface area is 147 Å². The monoisotopic (exact) mass is 348 g/mol. The molecule has 0 aromatic heterocycles. The van der Waals surface area contributed by atoms with Crippen LogP contribution in [-0.4, -0.2) is 50.3 Å². The molecule has 7 heteroatoms. The molecular weight excluding hydrogens is 324 g/mol. The number of aliphatic hydroxyl groups excluding tert-OH is 1. The minimum absolute atomic E-state index is 0.0312. The first-order valence-corrected chi connectivity index (χ1v) is 8.16. The summed E-state index contributed by atoms with van der Waals surface area (Å²) in [6.45, 7) is 6.73. The lowest BCUT2D eigenvalue weighted by molar-refractivity contribution is -0.170. The average Bonchev–Trinajstić information content (AvgIpc) is 2.74. The number of carbonyl (C=O) groups excluding carboxylic acids is 1. The lowest BCUT2D eigenvalue weighted by atomic mass is 10.0. The minimum Gasteiger partial charge on any atom is -0.464 e. The molecule has 0 bridgehead atoms. The molecule has 2 N–H and O–H groups in total. The largest absolute Gasteiger partial charge is 0.464 e. The lowest BCUT2D eigenvalue weighted by Gasteiger charge is -2.40. The molecule has 1 heterocycles. The van der Waals surface area contributed by atoms with E-state index in [1.165, 1.54) is 5.01 Å². The van der Waals surface area contributed by atoms with Gasteiger partial charge in [-0.15, -0.1) is 0 Å². The number of hydrogen-bond acceptors (Lipinski definition) is 5. The van der Waals surface area contributed by atoms with Gasteiger partial charge in [0.25, 0.3) is 0 Å². The number of aliphatic hydroxyl groups is 1. The van der Waals surface area contributed by atoms with E-state index in [4.69, 9.17) is 4.74 Å². The van der Waals surface area contributed by atoms with Crippen molar-refractivity contribution in [1.29, 1.82) is 0 Å². The van der Waals surface area contributed by atoms with Gasteiger partial charge in [-0.1, -0.05) is 44.2 Å². The molecule has 0 aliphatic carbocycles. The van der Waals surface area contributed by atoms with Crippen molar-refractivity contribution in [2.24, 2.45) is 5.92 Å². The summed E-state index contributed by atoms with van der Waals surface area (Å²) in [6, 6.07) is 8.72.